The molecule has 1 aliphatic heterocycles. The van der Waals surface area contributed by atoms with Crippen molar-refractivity contribution in [3.8, 4) is 0 Å². The number of fused-ring (bicyclic) bond motifs is 1. The van der Waals surface area contributed by atoms with Gasteiger partial charge in [0.2, 0.25) is 11.8 Å². The molecule has 8 heteroatoms. The first-order valence-corrected chi connectivity index (χ1v) is 13.5. The molecular weight excluding hydrogens is 460 g/mol. The molecule has 0 aromatic heterocycles. The highest BCUT2D eigenvalue weighted by atomic mass is 35.5. The van der Waals surface area contributed by atoms with Crippen molar-refractivity contribution in [2.75, 3.05) is 6.26 Å². The fraction of sp³-hybridized carbons (Fsp3) is 0.440. The minimum Gasteiger partial charge on any atom is -0.342 e. The van der Waals surface area contributed by atoms with Gasteiger partial charge in [0, 0.05) is 17.8 Å². The van der Waals surface area contributed by atoms with E-state index in [0.29, 0.717) is 12.0 Å². The summed E-state index contributed by atoms with van der Waals surface area (Å²) >= 11 is 6.41. The number of halogens is 1. The summed E-state index contributed by atoms with van der Waals surface area (Å²) in [5.41, 5.74) is 3.06. The molecule has 0 radical (unpaired) electrons. The first kappa shape index (κ1) is 23.8. The summed E-state index contributed by atoms with van der Waals surface area (Å²) in [6.07, 6.45) is 3.16. The van der Waals surface area contributed by atoms with Crippen molar-refractivity contribution in [3.05, 3.63) is 64.2 Å². The molecule has 2 aliphatic rings. The lowest BCUT2D eigenvalue weighted by Crippen LogP contribution is -2.65. The Morgan fingerprint density at radius 2 is 1.73 bits per heavy atom. The van der Waals surface area contributed by atoms with Gasteiger partial charge in [-0.15, -0.1) is 0 Å². The van der Waals surface area contributed by atoms with E-state index >= 15 is 0 Å². The molecule has 33 heavy (non-hydrogen) atoms. The van der Waals surface area contributed by atoms with Crippen LogP contribution in [0.3, 0.4) is 0 Å². The van der Waals surface area contributed by atoms with Gasteiger partial charge in [-0.2, -0.15) is 0 Å². The van der Waals surface area contributed by atoms with Gasteiger partial charge in [-0.05, 0) is 59.9 Å². The van der Waals surface area contributed by atoms with Crippen LogP contribution < -0.4 is 5.32 Å². The lowest BCUT2D eigenvalue weighted by Gasteiger charge is -2.41. The van der Waals surface area contributed by atoms with Gasteiger partial charge >= 0.3 is 0 Å². The molecule has 4 rings (SSSR count). The number of nitrogens with one attached hydrogen (secondary N) is 1. The number of rotatable bonds is 6. The largest absolute Gasteiger partial charge is 0.342 e. The van der Waals surface area contributed by atoms with Crippen LogP contribution in [-0.2, 0) is 38.8 Å². The number of amides is 2. The molecule has 1 N–H and O–H groups in total. The van der Waals surface area contributed by atoms with Crippen LogP contribution in [0.5, 0.6) is 0 Å². The average molecular weight is 489 g/mol. The predicted molar refractivity (Wildman–Crippen MR) is 128 cm³/mol. The zero-order valence-corrected chi connectivity index (χ0v) is 20.6. The van der Waals surface area contributed by atoms with Crippen molar-refractivity contribution in [1.29, 1.82) is 0 Å². The Bertz CT molecular complexity index is 1170. The first-order chi connectivity index (χ1) is 15.5. The van der Waals surface area contributed by atoms with Gasteiger partial charge in [0.15, 0.2) is 9.84 Å². The molecule has 2 atom stereocenters. The highest BCUT2D eigenvalue weighted by Crippen LogP contribution is 2.33. The van der Waals surface area contributed by atoms with E-state index in [9.17, 15) is 18.0 Å². The molecule has 0 unspecified atom stereocenters. The van der Waals surface area contributed by atoms with Gasteiger partial charge in [-0.25, -0.2) is 8.42 Å². The summed E-state index contributed by atoms with van der Waals surface area (Å²) in [7, 11) is -3.40. The zero-order chi connectivity index (χ0) is 23.9. The molecular formula is C25H29ClN2O4S. The normalized spacial score (nSPS) is 21.4. The van der Waals surface area contributed by atoms with Gasteiger partial charge in [0.25, 0.3) is 0 Å². The van der Waals surface area contributed by atoms with E-state index in [1.165, 1.54) is 23.3 Å². The van der Waals surface area contributed by atoms with Crippen LogP contribution in [-0.4, -0.2) is 43.5 Å². The molecule has 1 heterocycles. The van der Waals surface area contributed by atoms with Gasteiger partial charge in [0.1, 0.15) is 12.1 Å². The minimum atomic E-state index is -3.40. The molecule has 2 amide bonds. The van der Waals surface area contributed by atoms with Crippen molar-refractivity contribution in [3.63, 3.8) is 0 Å². The number of hydrogen-bond donors (Lipinski definition) is 1. The van der Waals surface area contributed by atoms with Crippen molar-refractivity contribution in [2.24, 2.45) is 11.8 Å². The number of carbonyl (C=O) groups excluding carboxylic acids is 2. The van der Waals surface area contributed by atoms with Crippen LogP contribution in [0.2, 0.25) is 5.02 Å². The van der Waals surface area contributed by atoms with E-state index in [1.807, 2.05) is 26.0 Å². The highest BCUT2D eigenvalue weighted by molar-refractivity contribution is 7.90. The van der Waals surface area contributed by atoms with Gasteiger partial charge < -0.3 is 10.2 Å². The van der Waals surface area contributed by atoms with E-state index in [0.717, 1.165) is 19.1 Å². The topological polar surface area (TPSA) is 83.6 Å². The summed E-state index contributed by atoms with van der Waals surface area (Å²) in [6.45, 7) is 4.19. The Hall–Kier alpha value is -2.38. The lowest BCUT2D eigenvalue weighted by atomic mass is 9.90. The summed E-state index contributed by atoms with van der Waals surface area (Å²) in [5, 5.41) is 3.28. The fourth-order valence-corrected chi connectivity index (χ4v) is 5.82. The second-order valence-electron chi connectivity index (χ2n) is 9.56. The maximum atomic E-state index is 13.7. The molecule has 0 spiro atoms. The van der Waals surface area contributed by atoms with Crippen LogP contribution in [0.1, 0.15) is 37.0 Å². The van der Waals surface area contributed by atoms with Gasteiger partial charge in [-0.3, -0.25) is 9.59 Å². The molecule has 176 valence electrons. The van der Waals surface area contributed by atoms with Crippen molar-refractivity contribution < 1.29 is 18.0 Å². The standard InChI is InChI=1S/C25H29ClN2O4S/c1-15(2)10-22-24(29)27-23(19-11-16-6-4-5-7-17(16)12-19)25(30)28(22)14-18-8-9-20(13-21(18)26)33(3,31)32/h4-9,13,15,19,22-23H,10-12,14H2,1-3H3,(H,27,29)/t22-,23-/m1/s1. The number of benzene rings is 2. The van der Waals surface area contributed by atoms with E-state index in [1.54, 1.807) is 11.0 Å². The van der Waals surface area contributed by atoms with E-state index in [-0.39, 0.29) is 40.1 Å². The number of carbonyl (C=O) groups is 2. The monoisotopic (exact) mass is 488 g/mol. The van der Waals surface area contributed by atoms with E-state index in [4.69, 9.17) is 11.6 Å². The van der Waals surface area contributed by atoms with Crippen LogP contribution in [0, 0.1) is 11.8 Å². The van der Waals surface area contributed by atoms with Crippen LogP contribution in [0.4, 0.5) is 0 Å². The molecule has 0 bridgehead atoms. The smallest absolute Gasteiger partial charge is 0.246 e. The predicted octanol–water partition coefficient (Wildman–Crippen LogP) is 3.40. The maximum absolute atomic E-state index is 13.7. The maximum Gasteiger partial charge on any atom is 0.246 e. The average Bonchev–Trinajstić information content (AvgIpc) is 3.17. The molecule has 0 saturated carbocycles. The Morgan fingerprint density at radius 1 is 1.09 bits per heavy atom. The summed E-state index contributed by atoms with van der Waals surface area (Å²) in [4.78, 5) is 28.6. The van der Waals surface area contributed by atoms with E-state index in [2.05, 4.69) is 17.4 Å². The summed E-state index contributed by atoms with van der Waals surface area (Å²) in [6, 6.07) is 11.5. The third kappa shape index (κ3) is 4.94. The Balaban J connectivity index is 1.63. The Labute approximate surface area is 200 Å². The fourth-order valence-electron chi connectivity index (χ4n) is 4.87. The molecule has 1 saturated heterocycles. The summed E-state index contributed by atoms with van der Waals surface area (Å²) in [5.74, 6) is -0.0368. The molecule has 1 fully saturated rings. The first-order valence-electron chi connectivity index (χ1n) is 11.2. The minimum absolute atomic E-state index is 0.00410. The zero-order valence-electron chi connectivity index (χ0n) is 19.0. The SMILES string of the molecule is CC(C)C[C@@H]1C(=O)N[C@H](C2Cc3ccccc3C2)C(=O)N1Cc1ccc(S(C)(=O)=O)cc1Cl. The molecule has 1 aliphatic carbocycles. The van der Waals surface area contributed by atoms with Gasteiger partial charge in [0.05, 0.1) is 4.90 Å². The summed E-state index contributed by atoms with van der Waals surface area (Å²) < 4.78 is 23.7. The van der Waals surface area contributed by atoms with Crippen LogP contribution in [0.15, 0.2) is 47.4 Å². The van der Waals surface area contributed by atoms with Crippen molar-refractivity contribution in [2.45, 2.75) is 56.6 Å². The van der Waals surface area contributed by atoms with Gasteiger partial charge in [-0.1, -0.05) is 55.8 Å². The number of piperazine rings is 1. The number of hydrogen-bond acceptors (Lipinski definition) is 4. The van der Waals surface area contributed by atoms with Crippen molar-refractivity contribution in [1.82, 2.24) is 10.2 Å². The second kappa shape index (κ2) is 9.11. The van der Waals surface area contributed by atoms with Crippen LogP contribution >= 0.6 is 11.6 Å². The second-order valence-corrected chi connectivity index (χ2v) is 12.0. The molecule has 2 aromatic rings. The Kier molecular flexibility index (Phi) is 6.56. The lowest BCUT2D eigenvalue weighted by molar-refractivity contribution is -0.152. The van der Waals surface area contributed by atoms with E-state index < -0.39 is 21.9 Å². The van der Waals surface area contributed by atoms with Crippen molar-refractivity contribution >= 4 is 33.3 Å². The third-order valence-corrected chi connectivity index (χ3v) is 8.03. The molecule has 2 aromatic carbocycles. The number of nitrogens with zero attached hydrogens (tertiary/aromatic N) is 1. The van der Waals surface area contributed by atoms with Crippen LogP contribution in [0.25, 0.3) is 0 Å². The Morgan fingerprint density at radius 3 is 2.27 bits per heavy atom. The highest BCUT2D eigenvalue weighted by Gasteiger charge is 2.45. The third-order valence-electron chi connectivity index (χ3n) is 6.57. The quantitative estimate of drug-likeness (QED) is 0.675. The molecule has 6 nitrogen and oxygen atoms in total. The number of sulfone groups is 1.